The lowest BCUT2D eigenvalue weighted by molar-refractivity contribution is 0.126. The van der Waals surface area contributed by atoms with E-state index in [1.165, 1.54) is 0 Å². The zero-order chi connectivity index (χ0) is 15.4. The summed E-state index contributed by atoms with van der Waals surface area (Å²) in [5.74, 6) is 1.37. The van der Waals surface area contributed by atoms with Crippen molar-refractivity contribution in [3.63, 3.8) is 0 Å². The Bertz CT molecular complexity index is 611. The normalized spacial score (nSPS) is 21.4. The van der Waals surface area contributed by atoms with E-state index in [4.69, 9.17) is 0 Å². The fourth-order valence-corrected chi connectivity index (χ4v) is 2.74. The van der Waals surface area contributed by atoms with Gasteiger partial charge in [-0.2, -0.15) is 4.98 Å². The van der Waals surface area contributed by atoms with Crippen molar-refractivity contribution in [2.75, 3.05) is 17.7 Å². The number of anilines is 2. The van der Waals surface area contributed by atoms with Gasteiger partial charge in [-0.15, -0.1) is 0 Å². The smallest absolute Gasteiger partial charge is 0.224 e. The van der Waals surface area contributed by atoms with E-state index in [1.807, 2.05) is 18.2 Å². The van der Waals surface area contributed by atoms with Crippen LogP contribution < -0.4 is 10.6 Å². The summed E-state index contributed by atoms with van der Waals surface area (Å²) >= 11 is 0. The maximum atomic E-state index is 9.63. The number of hydrogen-bond acceptors (Lipinski definition) is 6. The highest BCUT2D eigenvalue weighted by Crippen LogP contribution is 2.28. The molecule has 0 atom stereocenters. The molecule has 2 aromatic rings. The summed E-state index contributed by atoms with van der Waals surface area (Å²) in [6, 6.07) is 6.12. The number of aromatic nitrogens is 3. The van der Waals surface area contributed by atoms with Crippen LogP contribution in [0.25, 0.3) is 11.3 Å². The van der Waals surface area contributed by atoms with E-state index in [0.717, 1.165) is 42.8 Å². The van der Waals surface area contributed by atoms with E-state index >= 15 is 0 Å². The molecule has 0 amide bonds. The quantitative estimate of drug-likeness (QED) is 0.803. The molecule has 3 N–H and O–H groups in total. The summed E-state index contributed by atoms with van der Waals surface area (Å²) < 4.78 is 0. The van der Waals surface area contributed by atoms with Crippen molar-refractivity contribution < 1.29 is 5.11 Å². The predicted molar refractivity (Wildman–Crippen MR) is 86.7 cm³/mol. The number of aliphatic hydroxyl groups is 1. The van der Waals surface area contributed by atoms with E-state index in [9.17, 15) is 5.11 Å². The molecule has 0 radical (unpaired) electrons. The molecule has 22 heavy (non-hydrogen) atoms. The predicted octanol–water partition coefficient (Wildman–Crippen LogP) is 2.30. The Labute approximate surface area is 130 Å². The maximum absolute atomic E-state index is 9.63. The van der Waals surface area contributed by atoms with Gasteiger partial charge in [0.1, 0.15) is 5.82 Å². The molecule has 0 aliphatic heterocycles. The minimum absolute atomic E-state index is 0.161. The van der Waals surface area contributed by atoms with Crippen molar-refractivity contribution in [3.8, 4) is 11.3 Å². The zero-order valence-corrected chi connectivity index (χ0v) is 12.7. The molecule has 0 unspecified atom stereocenters. The van der Waals surface area contributed by atoms with Gasteiger partial charge in [-0.25, -0.2) is 4.98 Å². The van der Waals surface area contributed by atoms with Gasteiger partial charge in [0.2, 0.25) is 5.95 Å². The van der Waals surface area contributed by atoms with Gasteiger partial charge in [-0.3, -0.25) is 4.98 Å². The van der Waals surface area contributed by atoms with E-state index in [0.29, 0.717) is 12.0 Å². The Morgan fingerprint density at radius 3 is 2.64 bits per heavy atom. The molecule has 2 heterocycles. The van der Waals surface area contributed by atoms with Gasteiger partial charge in [0.25, 0.3) is 0 Å². The molecule has 6 heteroatoms. The number of hydrogen-bond donors (Lipinski definition) is 3. The molecule has 0 bridgehead atoms. The fraction of sp³-hybridized carbons (Fsp3) is 0.438. The number of aliphatic hydroxyl groups excluding tert-OH is 1. The van der Waals surface area contributed by atoms with Crippen LogP contribution in [0.2, 0.25) is 0 Å². The Balaban J connectivity index is 1.87. The van der Waals surface area contributed by atoms with Crippen molar-refractivity contribution in [1.29, 1.82) is 0 Å². The maximum Gasteiger partial charge on any atom is 0.224 e. The molecule has 1 saturated carbocycles. The minimum atomic E-state index is -0.161. The SMILES string of the molecule is CNc1ncc(-c2ccccn2)c(NC2CCC(O)CC2)n1. The zero-order valence-electron chi connectivity index (χ0n) is 12.7. The molecular formula is C16H21N5O. The first-order valence-corrected chi connectivity index (χ1v) is 7.67. The molecular weight excluding hydrogens is 278 g/mol. The lowest BCUT2D eigenvalue weighted by Crippen LogP contribution is -2.29. The average molecular weight is 299 g/mol. The van der Waals surface area contributed by atoms with Crippen molar-refractivity contribution in [3.05, 3.63) is 30.6 Å². The molecule has 0 saturated heterocycles. The average Bonchev–Trinajstić information content (AvgIpc) is 2.57. The van der Waals surface area contributed by atoms with Crippen molar-refractivity contribution in [2.45, 2.75) is 37.8 Å². The molecule has 1 fully saturated rings. The second-order valence-electron chi connectivity index (χ2n) is 5.57. The summed E-state index contributed by atoms with van der Waals surface area (Å²) in [7, 11) is 1.80. The van der Waals surface area contributed by atoms with Crippen LogP contribution >= 0.6 is 0 Å². The first-order valence-electron chi connectivity index (χ1n) is 7.67. The fourth-order valence-electron chi connectivity index (χ4n) is 2.74. The lowest BCUT2D eigenvalue weighted by atomic mass is 9.93. The second kappa shape index (κ2) is 6.70. The monoisotopic (exact) mass is 299 g/mol. The van der Waals surface area contributed by atoms with Crippen molar-refractivity contribution in [1.82, 2.24) is 15.0 Å². The van der Waals surface area contributed by atoms with Gasteiger partial charge in [0, 0.05) is 25.5 Å². The number of pyridine rings is 1. The van der Waals surface area contributed by atoms with Crippen LogP contribution in [-0.2, 0) is 0 Å². The Morgan fingerprint density at radius 2 is 1.95 bits per heavy atom. The summed E-state index contributed by atoms with van der Waals surface area (Å²) in [5.41, 5.74) is 1.74. The lowest BCUT2D eigenvalue weighted by Gasteiger charge is -2.27. The number of rotatable bonds is 4. The Kier molecular flexibility index (Phi) is 4.48. The van der Waals surface area contributed by atoms with Crippen molar-refractivity contribution in [2.24, 2.45) is 0 Å². The summed E-state index contributed by atoms with van der Waals surface area (Å²) in [6.45, 7) is 0. The summed E-state index contributed by atoms with van der Waals surface area (Å²) in [4.78, 5) is 13.2. The Hall–Kier alpha value is -2.21. The van der Waals surface area contributed by atoms with E-state index in [1.54, 1.807) is 19.4 Å². The van der Waals surface area contributed by atoms with Gasteiger partial charge in [-0.05, 0) is 37.8 Å². The van der Waals surface area contributed by atoms with Crippen LogP contribution in [0, 0.1) is 0 Å². The third-order valence-electron chi connectivity index (χ3n) is 3.99. The third-order valence-corrected chi connectivity index (χ3v) is 3.99. The van der Waals surface area contributed by atoms with E-state index in [2.05, 4.69) is 25.6 Å². The number of nitrogens with zero attached hydrogens (tertiary/aromatic N) is 3. The van der Waals surface area contributed by atoms with Gasteiger partial charge in [-0.1, -0.05) is 6.07 Å². The third kappa shape index (κ3) is 3.33. The van der Waals surface area contributed by atoms with Gasteiger partial charge >= 0.3 is 0 Å². The molecule has 6 nitrogen and oxygen atoms in total. The minimum Gasteiger partial charge on any atom is -0.393 e. The first-order chi connectivity index (χ1) is 10.8. The summed E-state index contributed by atoms with van der Waals surface area (Å²) in [6.07, 6.45) is 6.96. The van der Waals surface area contributed by atoms with Gasteiger partial charge < -0.3 is 15.7 Å². The topological polar surface area (TPSA) is 83.0 Å². The van der Waals surface area contributed by atoms with Gasteiger partial charge in [0.05, 0.1) is 17.4 Å². The highest BCUT2D eigenvalue weighted by Gasteiger charge is 2.21. The van der Waals surface area contributed by atoms with Crippen LogP contribution in [0.3, 0.4) is 0 Å². The highest BCUT2D eigenvalue weighted by atomic mass is 16.3. The molecule has 3 rings (SSSR count). The molecule has 2 aromatic heterocycles. The van der Waals surface area contributed by atoms with Crippen LogP contribution in [0.4, 0.5) is 11.8 Å². The van der Waals surface area contributed by atoms with Crippen LogP contribution in [0.15, 0.2) is 30.6 Å². The van der Waals surface area contributed by atoms with Gasteiger partial charge in [0.15, 0.2) is 0 Å². The molecule has 0 aromatic carbocycles. The molecule has 116 valence electrons. The van der Waals surface area contributed by atoms with Crippen LogP contribution in [-0.4, -0.2) is 39.3 Å². The van der Waals surface area contributed by atoms with Crippen LogP contribution in [0.1, 0.15) is 25.7 Å². The second-order valence-corrected chi connectivity index (χ2v) is 5.57. The van der Waals surface area contributed by atoms with E-state index in [-0.39, 0.29) is 6.10 Å². The van der Waals surface area contributed by atoms with Crippen LogP contribution in [0.5, 0.6) is 0 Å². The van der Waals surface area contributed by atoms with Crippen molar-refractivity contribution >= 4 is 11.8 Å². The largest absolute Gasteiger partial charge is 0.393 e. The Morgan fingerprint density at radius 1 is 1.14 bits per heavy atom. The highest BCUT2D eigenvalue weighted by molar-refractivity contribution is 5.72. The molecule has 0 spiro atoms. The first kappa shape index (κ1) is 14.7. The molecule has 1 aliphatic carbocycles. The number of nitrogens with one attached hydrogen (secondary N) is 2. The summed E-state index contributed by atoms with van der Waals surface area (Å²) in [5, 5.41) is 16.1. The molecule has 1 aliphatic rings. The standard InChI is InChI=1S/C16H21N5O/c1-17-16-19-10-13(14-4-2-3-9-18-14)15(21-16)20-11-5-7-12(22)8-6-11/h2-4,9-12,22H,5-8H2,1H3,(H2,17,19,20,21). The van der Waals surface area contributed by atoms with E-state index < -0.39 is 0 Å².